The molecule has 0 spiro atoms. The molecule has 1 aromatic heterocycles. The number of rotatable bonds is 6. The van der Waals surface area contributed by atoms with Gasteiger partial charge in [0, 0.05) is 31.4 Å². The third-order valence-electron chi connectivity index (χ3n) is 4.67. The SMILES string of the molecule is CCOC(=O)C1CCCN(c2ncnc(Nc3ccc(NC(C)=O)cc3)c2N)C1. The summed E-state index contributed by atoms with van der Waals surface area (Å²) < 4.78 is 5.16. The number of nitrogens with one attached hydrogen (secondary N) is 2. The Bertz CT molecular complexity index is 871. The molecule has 1 unspecified atom stereocenters. The number of amides is 1. The van der Waals surface area contributed by atoms with Gasteiger partial charge in [-0.2, -0.15) is 0 Å². The van der Waals surface area contributed by atoms with Crippen molar-refractivity contribution in [3.63, 3.8) is 0 Å². The molecule has 1 atom stereocenters. The number of piperidine rings is 1. The van der Waals surface area contributed by atoms with Crippen LogP contribution < -0.4 is 21.3 Å². The molecule has 0 bridgehead atoms. The van der Waals surface area contributed by atoms with Crippen LogP contribution in [0.2, 0.25) is 0 Å². The van der Waals surface area contributed by atoms with Gasteiger partial charge in [-0.15, -0.1) is 0 Å². The van der Waals surface area contributed by atoms with Crippen LogP contribution in [0, 0.1) is 5.92 Å². The lowest BCUT2D eigenvalue weighted by Gasteiger charge is -2.33. The van der Waals surface area contributed by atoms with Gasteiger partial charge in [0.25, 0.3) is 0 Å². The lowest BCUT2D eigenvalue weighted by molar-refractivity contribution is -0.148. The minimum Gasteiger partial charge on any atom is -0.466 e. The first-order valence-electron chi connectivity index (χ1n) is 9.64. The van der Waals surface area contributed by atoms with Crippen LogP contribution >= 0.6 is 0 Å². The molecule has 0 saturated carbocycles. The minimum atomic E-state index is -0.184. The van der Waals surface area contributed by atoms with Crippen LogP contribution in [0.3, 0.4) is 0 Å². The predicted octanol–water partition coefficient (Wildman–Crippen LogP) is 2.54. The minimum absolute atomic E-state index is 0.127. The van der Waals surface area contributed by atoms with E-state index < -0.39 is 0 Å². The van der Waals surface area contributed by atoms with Crippen molar-refractivity contribution in [2.45, 2.75) is 26.7 Å². The molecule has 9 heteroatoms. The first-order chi connectivity index (χ1) is 14.0. The van der Waals surface area contributed by atoms with Crippen LogP contribution in [0.4, 0.5) is 28.7 Å². The second kappa shape index (κ2) is 9.22. The zero-order valence-corrected chi connectivity index (χ0v) is 16.6. The van der Waals surface area contributed by atoms with Crippen LogP contribution in [0.1, 0.15) is 26.7 Å². The number of ether oxygens (including phenoxy) is 1. The third kappa shape index (κ3) is 5.13. The Hall–Kier alpha value is -3.36. The fourth-order valence-corrected chi connectivity index (χ4v) is 3.34. The molecule has 0 radical (unpaired) electrons. The van der Waals surface area contributed by atoms with Gasteiger partial charge in [0.15, 0.2) is 11.6 Å². The van der Waals surface area contributed by atoms with E-state index in [4.69, 9.17) is 10.5 Å². The standard InChI is InChI=1S/C20H26N6O3/c1-3-29-20(28)14-5-4-10-26(11-14)19-17(21)18(22-12-23-19)25-16-8-6-15(7-9-16)24-13(2)27/h6-9,12,14H,3-5,10-11,21H2,1-2H3,(H,24,27)(H,22,23,25). The summed E-state index contributed by atoms with van der Waals surface area (Å²) in [5.74, 6) is 0.600. The zero-order valence-electron chi connectivity index (χ0n) is 16.6. The van der Waals surface area contributed by atoms with E-state index in [-0.39, 0.29) is 17.8 Å². The van der Waals surface area contributed by atoms with Crippen molar-refractivity contribution < 1.29 is 14.3 Å². The predicted molar refractivity (Wildman–Crippen MR) is 112 cm³/mol. The average Bonchev–Trinajstić information content (AvgIpc) is 2.71. The highest BCUT2D eigenvalue weighted by atomic mass is 16.5. The third-order valence-corrected chi connectivity index (χ3v) is 4.67. The molecule has 1 saturated heterocycles. The van der Waals surface area contributed by atoms with Gasteiger partial charge in [-0.3, -0.25) is 9.59 Å². The maximum Gasteiger partial charge on any atom is 0.310 e. The molecule has 9 nitrogen and oxygen atoms in total. The number of nitrogen functional groups attached to an aromatic ring is 1. The smallest absolute Gasteiger partial charge is 0.310 e. The molecule has 29 heavy (non-hydrogen) atoms. The maximum absolute atomic E-state index is 12.1. The average molecular weight is 398 g/mol. The Kier molecular flexibility index (Phi) is 6.48. The number of carbonyl (C=O) groups excluding carboxylic acids is 2. The second-order valence-electron chi connectivity index (χ2n) is 6.88. The second-order valence-corrected chi connectivity index (χ2v) is 6.88. The van der Waals surface area contributed by atoms with Crippen molar-refractivity contribution in [3.05, 3.63) is 30.6 Å². The van der Waals surface area contributed by atoms with Crippen molar-refractivity contribution in [1.82, 2.24) is 9.97 Å². The Labute approximate surface area is 169 Å². The molecule has 1 aromatic carbocycles. The van der Waals surface area contributed by atoms with Crippen molar-refractivity contribution in [3.8, 4) is 0 Å². The largest absolute Gasteiger partial charge is 0.466 e. The van der Waals surface area contributed by atoms with Crippen molar-refractivity contribution in [2.24, 2.45) is 5.92 Å². The van der Waals surface area contributed by atoms with Crippen molar-refractivity contribution in [2.75, 3.05) is 41.0 Å². The molecule has 0 aliphatic carbocycles. The normalized spacial score (nSPS) is 16.2. The Morgan fingerprint density at radius 1 is 1.24 bits per heavy atom. The van der Waals surface area contributed by atoms with E-state index in [0.717, 1.165) is 25.1 Å². The monoisotopic (exact) mass is 398 g/mol. The highest BCUT2D eigenvalue weighted by Crippen LogP contribution is 2.31. The van der Waals surface area contributed by atoms with Crippen molar-refractivity contribution >= 4 is 40.6 Å². The van der Waals surface area contributed by atoms with Crippen molar-refractivity contribution in [1.29, 1.82) is 0 Å². The van der Waals surface area contributed by atoms with Gasteiger partial charge in [0.2, 0.25) is 5.91 Å². The van der Waals surface area contributed by atoms with Gasteiger partial charge in [0.1, 0.15) is 12.0 Å². The van der Waals surface area contributed by atoms with E-state index in [1.54, 1.807) is 12.1 Å². The highest BCUT2D eigenvalue weighted by molar-refractivity contribution is 5.89. The number of esters is 1. The molecule has 1 aliphatic heterocycles. The van der Waals surface area contributed by atoms with E-state index in [9.17, 15) is 9.59 Å². The molecule has 3 rings (SSSR count). The summed E-state index contributed by atoms with van der Waals surface area (Å²) in [5.41, 5.74) is 8.24. The number of nitrogens with two attached hydrogens (primary N) is 1. The molecule has 1 aliphatic rings. The molecular formula is C20H26N6O3. The number of hydrogen-bond acceptors (Lipinski definition) is 8. The van der Waals surface area contributed by atoms with Crippen LogP contribution in [0.5, 0.6) is 0 Å². The van der Waals surface area contributed by atoms with Crippen LogP contribution in [-0.4, -0.2) is 41.5 Å². The van der Waals surface area contributed by atoms with Gasteiger partial charge in [-0.25, -0.2) is 9.97 Å². The molecule has 2 aromatic rings. The Balaban J connectivity index is 1.74. The van der Waals surface area contributed by atoms with E-state index in [2.05, 4.69) is 20.6 Å². The fraction of sp³-hybridized carbons (Fsp3) is 0.400. The zero-order chi connectivity index (χ0) is 20.8. The topological polar surface area (TPSA) is 122 Å². The molecule has 154 valence electrons. The van der Waals surface area contributed by atoms with Gasteiger partial charge >= 0.3 is 5.97 Å². The Morgan fingerprint density at radius 3 is 2.66 bits per heavy atom. The van der Waals surface area contributed by atoms with Gasteiger partial charge in [-0.1, -0.05) is 0 Å². The number of hydrogen-bond donors (Lipinski definition) is 3. The quantitative estimate of drug-likeness (QED) is 0.635. The summed E-state index contributed by atoms with van der Waals surface area (Å²) >= 11 is 0. The molecule has 4 N–H and O–H groups in total. The molecule has 1 amide bonds. The summed E-state index contributed by atoms with van der Waals surface area (Å²) in [6, 6.07) is 7.22. The van der Waals surface area contributed by atoms with E-state index in [1.807, 2.05) is 24.0 Å². The molecule has 1 fully saturated rings. The summed E-state index contributed by atoms with van der Waals surface area (Å²) in [6.07, 6.45) is 3.11. The number of aromatic nitrogens is 2. The molecule has 2 heterocycles. The van der Waals surface area contributed by atoms with Gasteiger partial charge < -0.3 is 26.0 Å². The first kappa shape index (κ1) is 20.4. The number of anilines is 5. The van der Waals surface area contributed by atoms with E-state index in [0.29, 0.717) is 36.2 Å². The summed E-state index contributed by atoms with van der Waals surface area (Å²) in [7, 11) is 0. The summed E-state index contributed by atoms with van der Waals surface area (Å²) in [6.45, 7) is 4.93. The number of benzene rings is 1. The Morgan fingerprint density at radius 2 is 1.97 bits per heavy atom. The van der Waals surface area contributed by atoms with E-state index >= 15 is 0 Å². The van der Waals surface area contributed by atoms with E-state index in [1.165, 1.54) is 13.3 Å². The first-order valence-corrected chi connectivity index (χ1v) is 9.64. The van der Waals surface area contributed by atoms with Crippen LogP contribution in [0.15, 0.2) is 30.6 Å². The number of nitrogens with zero attached hydrogens (tertiary/aromatic N) is 3. The lowest BCUT2D eigenvalue weighted by atomic mass is 9.98. The highest BCUT2D eigenvalue weighted by Gasteiger charge is 2.29. The summed E-state index contributed by atoms with van der Waals surface area (Å²) in [5, 5.41) is 5.90. The maximum atomic E-state index is 12.1. The lowest BCUT2D eigenvalue weighted by Crippen LogP contribution is -2.40. The summed E-state index contributed by atoms with van der Waals surface area (Å²) in [4.78, 5) is 33.8. The fourth-order valence-electron chi connectivity index (χ4n) is 3.34. The van der Waals surface area contributed by atoms with Gasteiger partial charge in [0.05, 0.1) is 12.5 Å². The number of carbonyl (C=O) groups is 2. The van der Waals surface area contributed by atoms with Gasteiger partial charge in [-0.05, 0) is 44.0 Å². The molecular weight excluding hydrogens is 372 g/mol. The van der Waals surface area contributed by atoms with Crippen LogP contribution in [-0.2, 0) is 14.3 Å². The van der Waals surface area contributed by atoms with Crippen LogP contribution in [0.25, 0.3) is 0 Å².